The molecule has 0 saturated carbocycles. The van der Waals surface area contributed by atoms with Crippen LogP contribution in [0.2, 0.25) is 0 Å². The fourth-order valence-corrected chi connectivity index (χ4v) is 6.12. The minimum absolute atomic E-state index is 0.154. The molecule has 2 heterocycles. The van der Waals surface area contributed by atoms with Gasteiger partial charge in [-0.05, 0) is 36.6 Å². The van der Waals surface area contributed by atoms with Crippen molar-refractivity contribution in [3.05, 3.63) is 53.6 Å². The first-order valence-corrected chi connectivity index (χ1v) is 11.2. The van der Waals surface area contributed by atoms with Crippen molar-refractivity contribution in [3.63, 3.8) is 0 Å². The molecule has 1 fully saturated rings. The Balaban J connectivity index is 1.82. The predicted octanol–water partition coefficient (Wildman–Crippen LogP) is 3.37. The Morgan fingerprint density at radius 2 is 1.86 bits per heavy atom. The van der Waals surface area contributed by atoms with Gasteiger partial charge in [-0.25, -0.2) is 8.42 Å². The van der Waals surface area contributed by atoms with E-state index >= 15 is 0 Å². The third kappa shape index (κ3) is 3.17. The molecule has 1 N–H and O–H groups in total. The summed E-state index contributed by atoms with van der Waals surface area (Å²) in [6, 6.07) is 12.2. The highest BCUT2D eigenvalue weighted by Crippen LogP contribution is 2.50. The maximum atomic E-state index is 13.5. The number of para-hydroxylation sites is 1. The summed E-state index contributed by atoms with van der Waals surface area (Å²) in [4.78, 5) is 13.1. The minimum atomic E-state index is -3.90. The fourth-order valence-electron chi connectivity index (χ4n) is 4.30. The summed E-state index contributed by atoms with van der Waals surface area (Å²) in [7, 11) is -2.37. The SMILES string of the molecule is COc1cccc2c1OC1(C)CC2C(S(=O)(=O)c2ccc(C(C)C)cc2)C(=O)N1. The lowest BCUT2D eigenvalue weighted by Gasteiger charge is -2.47. The van der Waals surface area contributed by atoms with E-state index in [1.807, 2.05) is 32.0 Å². The number of amides is 1. The van der Waals surface area contributed by atoms with Gasteiger partial charge in [-0.2, -0.15) is 0 Å². The van der Waals surface area contributed by atoms with E-state index in [9.17, 15) is 13.2 Å². The minimum Gasteiger partial charge on any atom is -0.493 e. The Morgan fingerprint density at radius 1 is 1.17 bits per heavy atom. The number of rotatable bonds is 4. The van der Waals surface area contributed by atoms with Gasteiger partial charge in [-0.1, -0.05) is 38.1 Å². The van der Waals surface area contributed by atoms with Gasteiger partial charge in [0, 0.05) is 17.9 Å². The maximum Gasteiger partial charge on any atom is 0.242 e. The van der Waals surface area contributed by atoms with Crippen molar-refractivity contribution in [1.29, 1.82) is 0 Å². The van der Waals surface area contributed by atoms with Crippen LogP contribution in [0.1, 0.15) is 50.2 Å². The summed E-state index contributed by atoms with van der Waals surface area (Å²) in [6.45, 7) is 5.85. The predicted molar refractivity (Wildman–Crippen MR) is 109 cm³/mol. The zero-order valence-corrected chi connectivity index (χ0v) is 17.7. The van der Waals surface area contributed by atoms with E-state index in [-0.39, 0.29) is 4.90 Å². The Labute approximate surface area is 171 Å². The van der Waals surface area contributed by atoms with Crippen LogP contribution in [0.4, 0.5) is 0 Å². The van der Waals surface area contributed by atoms with Gasteiger partial charge in [0.15, 0.2) is 32.3 Å². The molecule has 0 spiro atoms. The number of ether oxygens (including phenoxy) is 2. The van der Waals surface area contributed by atoms with Crippen LogP contribution in [-0.2, 0) is 14.6 Å². The van der Waals surface area contributed by atoms with E-state index in [2.05, 4.69) is 5.32 Å². The van der Waals surface area contributed by atoms with Crippen molar-refractivity contribution in [1.82, 2.24) is 5.32 Å². The molecule has 7 heteroatoms. The fraction of sp³-hybridized carbons (Fsp3) is 0.409. The molecule has 1 saturated heterocycles. The van der Waals surface area contributed by atoms with Crippen LogP contribution in [0.3, 0.4) is 0 Å². The zero-order chi connectivity index (χ0) is 21.0. The van der Waals surface area contributed by atoms with Gasteiger partial charge in [0.25, 0.3) is 0 Å². The highest BCUT2D eigenvalue weighted by atomic mass is 32.2. The summed E-state index contributed by atoms with van der Waals surface area (Å²) in [5, 5.41) is 1.55. The standard InChI is InChI=1S/C22H25NO5S/c1-13(2)14-8-10-15(11-9-14)29(25,26)20-17-12-22(3,23-21(20)24)28-19-16(17)6-5-7-18(19)27-4/h5-11,13,17,20H,12H2,1-4H3,(H,23,24). The van der Waals surface area contributed by atoms with Crippen molar-refractivity contribution in [2.45, 2.75) is 54.9 Å². The maximum absolute atomic E-state index is 13.5. The van der Waals surface area contributed by atoms with E-state index in [1.165, 1.54) is 7.11 Å². The molecule has 0 radical (unpaired) electrons. The largest absolute Gasteiger partial charge is 0.493 e. The number of piperidine rings is 1. The first-order chi connectivity index (χ1) is 13.7. The van der Waals surface area contributed by atoms with E-state index in [1.54, 1.807) is 31.2 Å². The topological polar surface area (TPSA) is 81.7 Å². The monoisotopic (exact) mass is 415 g/mol. The molecule has 2 aromatic rings. The second-order valence-corrected chi connectivity index (χ2v) is 10.3. The number of hydrogen-bond donors (Lipinski definition) is 1. The summed E-state index contributed by atoms with van der Waals surface area (Å²) in [5.74, 6) is 0.240. The highest BCUT2D eigenvalue weighted by Gasteiger charge is 2.54. The number of benzene rings is 2. The number of sulfone groups is 1. The van der Waals surface area contributed by atoms with Gasteiger partial charge in [-0.3, -0.25) is 4.79 Å². The molecule has 2 aromatic carbocycles. The first kappa shape index (κ1) is 19.8. The zero-order valence-electron chi connectivity index (χ0n) is 16.9. The molecule has 154 valence electrons. The quantitative estimate of drug-likeness (QED) is 0.828. The Kier molecular flexibility index (Phi) is 4.61. The lowest BCUT2D eigenvalue weighted by atomic mass is 9.81. The van der Waals surface area contributed by atoms with Crippen LogP contribution in [0.15, 0.2) is 47.4 Å². The Morgan fingerprint density at radius 3 is 2.48 bits per heavy atom. The number of fused-ring (bicyclic) bond motifs is 4. The van der Waals surface area contributed by atoms with Gasteiger partial charge in [-0.15, -0.1) is 0 Å². The van der Waals surface area contributed by atoms with E-state index < -0.39 is 32.6 Å². The second-order valence-electron chi connectivity index (χ2n) is 8.20. The second kappa shape index (κ2) is 6.76. The number of nitrogens with one attached hydrogen (secondary N) is 1. The molecule has 29 heavy (non-hydrogen) atoms. The van der Waals surface area contributed by atoms with Crippen LogP contribution in [0, 0.1) is 0 Å². The molecule has 0 aliphatic carbocycles. The third-order valence-corrected chi connectivity index (χ3v) is 7.93. The van der Waals surface area contributed by atoms with Crippen molar-refractivity contribution in [2.75, 3.05) is 7.11 Å². The van der Waals surface area contributed by atoms with Crippen molar-refractivity contribution >= 4 is 15.7 Å². The molecule has 4 rings (SSSR count). The number of carbonyl (C=O) groups is 1. The van der Waals surface area contributed by atoms with Gasteiger partial charge in [0.1, 0.15) is 0 Å². The molecule has 1 amide bonds. The molecule has 2 aliphatic rings. The molecule has 0 aromatic heterocycles. The van der Waals surface area contributed by atoms with Gasteiger partial charge in [0.2, 0.25) is 5.91 Å². The average Bonchev–Trinajstić information content (AvgIpc) is 2.66. The van der Waals surface area contributed by atoms with Crippen molar-refractivity contribution < 1.29 is 22.7 Å². The first-order valence-electron chi connectivity index (χ1n) is 9.68. The van der Waals surface area contributed by atoms with Gasteiger partial charge < -0.3 is 14.8 Å². The van der Waals surface area contributed by atoms with Crippen molar-refractivity contribution in [3.8, 4) is 11.5 Å². The summed E-state index contributed by atoms with van der Waals surface area (Å²) >= 11 is 0. The van der Waals surface area contributed by atoms with Crippen LogP contribution in [0.25, 0.3) is 0 Å². The van der Waals surface area contributed by atoms with Crippen LogP contribution in [-0.4, -0.2) is 32.4 Å². The van der Waals surface area contributed by atoms with Crippen LogP contribution in [0.5, 0.6) is 11.5 Å². The highest BCUT2D eigenvalue weighted by molar-refractivity contribution is 7.92. The molecule has 3 unspecified atom stereocenters. The summed E-state index contributed by atoms with van der Waals surface area (Å²) in [5.41, 5.74) is 0.756. The average molecular weight is 416 g/mol. The van der Waals surface area contributed by atoms with Crippen LogP contribution >= 0.6 is 0 Å². The van der Waals surface area contributed by atoms with Gasteiger partial charge >= 0.3 is 0 Å². The number of methoxy groups -OCH3 is 1. The molecular weight excluding hydrogens is 390 g/mol. The number of carbonyl (C=O) groups excluding carboxylic acids is 1. The van der Waals surface area contributed by atoms with Crippen molar-refractivity contribution in [2.24, 2.45) is 0 Å². The van der Waals surface area contributed by atoms with E-state index in [0.717, 1.165) is 5.56 Å². The molecule has 2 aliphatic heterocycles. The molecule has 3 atom stereocenters. The van der Waals surface area contributed by atoms with E-state index in [0.29, 0.717) is 29.4 Å². The number of hydrogen-bond acceptors (Lipinski definition) is 5. The summed E-state index contributed by atoms with van der Waals surface area (Å²) in [6.07, 6.45) is 0.368. The molecule has 6 nitrogen and oxygen atoms in total. The summed E-state index contributed by atoms with van der Waals surface area (Å²) < 4.78 is 38.5. The molecule has 2 bridgehead atoms. The lowest BCUT2D eigenvalue weighted by Crippen LogP contribution is -2.63. The molecular formula is C22H25NO5S. The smallest absolute Gasteiger partial charge is 0.242 e. The normalized spacial score (nSPS) is 25.8. The van der Waals surface area contributed by atoms with E-state index in [4.69, 9.17) is 9.47 Å². The Bertz CT molecular complexity index is 1060. The van der Waals surface area contributed by atoms with Gasteiger partial charge in [0.05, 0.1) is 12.0 Å². The van der Waals surface area contributed by atoms with Crippen LogP contribution < -0.4 is 14.8 Å². The lowest BCUT2D eigenvalue weighted by molar-refractivity contribution is -0.132. The third-order valence-electron chi connectivity index (χ3n) is 5.79. The Hall–Kier alpha value is -2.54.